The third-order valence-electron chi connectivity index (χ3n) is 6.56. The van der Waals surface area contributed by atoms with Crippen molar-refractivity contribution in [3.63, 3.8) is 0 Å². The minimum Gasteiger partial charge on any atom is -0.368 e. The number of H-pyrrole nitrogens is 1. The molecule has 3 heterocycles. The number of aromatic amines is 1. The second-order valence-electron chi connectivity index (χ2n) is 9.95. The number of nitrogens with one attached hydrogen (secondary N) is 3. The molecule has 2 aromatic carbocycles. The maximum Gasteiger partial charge on any atom is 0.248 e. The summed E-state index contributed by atoms with van der Waals surface area (Å²) in [4.78, 5) is 28.4. The average molecular weight is 581 g/mol. The second kappa shape index (κ2) is 12.2. The Morgan fingerprint density at radius 3 is 2.65 bits per heavy atom. The van der Waals surface area contributed by atoms with Crippen LogP contribution in [0.4, 0.5) is 23.0 Å². The van der Waals surface area contributed by atoms with Crippen molar-refractivity contribution in [1.82, 2.24) is 30.0 Å². The van der Waals surface area contributed by atoms with Gasteiger partial charge in [0.15, 0.2) is 10.8 Å². The number of anilines is 4. The monoisotopic (exact) mass is 579 g/mol. The fourth-order valence-electron chi connectivity index (χ4n) is 4.47. The zero-order valence-corrected chi connectivity index (χ0v) is 24.1. The minimum absolute atomic E-state index is 0.213. The number of rotatable bonds is 8. The molecule has 0 radical (unpaired) electrons. The Morgan fingerprint density at radius 1 is 1.07 bits per heavy atom. The summed E-state index contributed by atoms with van der Waals surface area (Å²) in [6.07, 6.45) is 3.33. The number of nitrogens with zero attached hydrogens (tertiary/aromatic N) is 6. The number of carbonyl (C=O) groups excluding carboxylic acids is 1. The van der Waals surface area contributed by atoms with Gasteiger partial charge >= 0.3 is 0 Å². The van der Waals surface area contributed by atoms with Gasteiger partial charge in [-0.3, -0.25) is 9.89 Å². The van der Waals surface area contributed by atoms with E-state index in [9.17, 15) is 4.79 Å². The molecule has 0 saturated carbocycles. The van der Waals surface area contributed by atoms with Crippen LogP contribution in [0.2, 0.25) is 10.2 Å². The number of aromatic nitrogens is 4. The summed E-state index contributed by atoms with van der Waals surface area (Å²) >= 11 is 13.0. The molecule has 4 aromatic rings. The summed E-state index contributed by atoms with van der Waals surface area (Å²) in [5.74, 6) is 0.157. The Hall–Kier alpha value is -3.70. The van der Waals surface area contributed by atoms with Gasteiger partial charge in [0.2, 0.25) is 11.9 Å². The zero-order chi connectivity index (χ0) is 28.2. The summed E-state index contributed by atoms with van der Waals surface area (Å²) in [6.45, 7) is 4.42. The lowest BCUT2D eigenvalue weighted by Crippen LogP contribution is -2.44. The Morgan fingerprint density at radius 2 is 1.88 bits per heavy atom. The number of benzene rings is 2. The van der Waals surface area contributed by atoms with Crippen LogP contribution >= 0.6 is 23.2 Å². The SMILES string of the molecule is CN(C)C/C=C/C(=O)Nc1cccc(-c2nc(Nc3ccc(Cl)c(N4CCN(C)CC4)c3)nc3[nH]nc(Cl)c23)c1. The normalized spacial score (nSPS) is 14.4. The highest BCUT2D eigenvalue weighted by Crippen LogP contribution is 2.34. The number of likely N-dealkylation sites (N-methyl/N-ethyl adjacent to an activating group) is 2. The van der Waals surface area contributed by atoms with Crippen LogP contribution in [-0.4, -0.2) is 89.7 Å². The van der Waals surface area contributed by atoms with Crippen LogP contribution in [0.1, 0.15) is 0 Å². The Bertz CT molecular complexity index is 1540. The average Bonchev–Trinajstić information content (AvgIpc) is 3.30. The molecule has 0 spiro atoms. The summed E-state index contributed by atoms with van der Waals surface area (Å²) < 4.78 is 0. The number of fused-ring (bicyclic) bond motifs is 1. The van der Waals surface area contributed by atoms with Gasteiger partial charge in [-0.05, 0) is 51.5 Å². The smallest absolute Gasteiger partial charge is 0.248 e. The van der Waals surface area contributed by atoms with E-state index in [0.29, 0.717) is 39.9 Å². The fraction of sp³-hybridized carbons (Fsp3) is 0.286. The van der Waals surface area contributed by atoms with Crippen LogP contribution in [-0.2, 0) is 4.79 Å². The topological polar surface area (TPSA) is 105 Å². The van der Waals surface area contributed by atoms with Crippen molar-refractivity contribution in [2.24, 2.45) is 0 Å². The largest absolute Gasteiger partial charge is 0.368 e. The van der Waals surface area contributed by atoms with Crippen LogP contribution in [0.5, 0.6) is 0 Å². The zero-order valence-electron chi connectivity index (χ0n) is 22.6. The molecule has 0 atom stereocenters. The van der Waals surface area contributed by atoms with Gasteiger partial charge in [-0.2, -0.15) is 10.1 Å². The Balaban J connectivity index is 1.43. The van der Waals surface area contributed by atoms with Crippen LogP contribution < -0.4 is 15.5 Å². The molecule has 3 N–H and O–H groups in total. The third-order valence-corrected chi connectivity index (χ3v) is 7.16. The molecule has 1 aliphatic heterocycles. The van der Waals surface area contributed by atoms with E-state index in [4.69, 9.17) is 28.2 Å². The van der Waals surface area contributed by atoms with Crippen LogP contribution in [0, 0.1) is 0 Å². The first-order chi connectivity index (χ1) is 19.3. The number of hydrogen-bond donors (Lipinski definition) is 3. The molecule has 10 nitrogen and oxygen atoms in total. The maximum absolute atomic E-state index is 12.4. The number of carbonyl (C=O) groups is 1. The van der Waals surface area contributed by atoms with E-state index in [2.05, 4.69) is 42.7 Å². The van der Waals surface area contributed by atoms with E-state index < -0.39 is 0 Å². The molecule has 5 rings (SSSR count). The molecule has 1 fully saturated rings. The van der Waals surface area contributed by atoms with E-state index >= 15 is 0 Å². The summed E-state index contributed by atoms with van der Waals surface area (Å²) in [5, 5.41) is 14.8. The van der Waals surface area contributed by atoms with Gasteiger partial charge in [0.1, 0.15) is 0 Å². The van der Waals surface area contributed by atoms with Crippen LogP contribution in [0.25, 0.3) is 22.3 Å². The standard InChI is InChI=1S/C28H31Cl2N9O/c1-37(2)11-5-8-23(40)31-19-7-4-6-18(16-19)25-24-26(30)35-36-27(24)34-28(33-25)32-20-9-10-21(29)22(17-20)39-14-12-38(3)13-15-39/h4-10,16-17H,11-15H2,1-3H3,(H,31,40)(H2,32,33,34,35,36)/b8-5+. The van der Waals surface area contributed by atoms with Crippen molar-refractivity contribution in [2.45, 2.75) is 0 Å². The molecule has 0 aliphatic carbocycles. The van der Waals surface area contributed by atoms with Crippen molar-refractivity contribution >= 4 is 63.2 Å². The molecular weight excluding hydrogens is 549 g/mol. The molecule has 208 valence electrons. The van der Waals surface area contributed by atoms with Gasteiger partial charge < -0.3 is 25.3 Å². The molecule has 2 aromatic heterocycles. The number of piperazine rings is 1. The predicted octanol–water partition coefficient (Wildman–Crippen LogP) is 4.88. The van der Waals surface area contributed by atoms with Crippen molar-refractivity contribution < 1.29 is 4.79 Å². The minimum atomic E-state index is -0.213. The molecule has 0 bridgehead atoms. The first kappa shape index (κ1) is 27.9. The Labute approximate surface area is 243 Å². The fourth-order valence-corrected chi connectivity index (χ4v) is 4.93. The van der Waals surface area contributed by atoms with Crippen molar-refractivity contribution in [3.8, 4) is 11.3 Å². The number of halogens is 2. The maximum atomic E-state index is 12.4. The molecular formula is C28H31Cl2N9O. The van der Waals surface area contributed by atoms with Gasteiger partial charge in [-0.15, -0.1) is 0 Å². The van der Waals surface area contributed by atoms with Gasteiger partial charge in [-0.25, -0.2) is 4.98 Å². The van der Waals surface area contributed by atoms with Gasteiger partial charge in [-0.1, -0.05) is 41.4 Å². The van der Waals surface area contributed by atoms with Crippen molar-refractivity contribution in [3.05, 3.63) is 64.8 Å². The third kappa shape index (κ3) is 6.53. The lowest BCUT2D eigenvalue weighted by Gasteiger charge is -2.34. The van der Waals surface area contributed by atoms with E-state index in [1.165, 1.54) is 6.08 Å². The molecule has 1 aliphatic rings. The molecule has 40 heavy (non-hydrogen) atoms. The Kier molecular flexibility index (Phi) is 8.51. The summed E-state index contributed by atoms with van der Waals surface area (Å²) in [5.41, 5.74) is 4.23. The molecule has 12 heteroatoms. The highest BCUT2D eigenvalue weighted by Gasteiger charge is 2.19. The second-order valence-corrected chi connectivity index (χ2v) is 10.7. The molecule has 0 unspecified atom stereocenters. The number of hydrogen-bond acceptors (Lipinski definition) is 8. The number of amides is 1. The van der Waals surface area contributed by atoms with E-state index in [1.54, 1.807) is 0 Å². The van der Waals surface area contributed by atoms with Gasteiger partial charge in [0.25, 0.3) is 0 Å². The van der Waals surface area contributed by atoms with Gasteiger partial charge in [0, 0.05) is 55.7 Å². The quantitative estimate of drug-likeness (QED) is 0.254. The summed E-state index contributed by atoms with van der Waals surface area (Å²) in [6, 6.07) is 13.2. The van der Waals surface area contributed by atoms with Crippen molar-refractivity contribution in [1.29, 1.82) is 0 Å². The van der Waals surface area contributed by atoms with E-state index in [-0.39, 0.29) is 11.1 Å². The lowest BCUT2D eigenvalue weighted by molar-refractivity contribution is -0.111. The van der Waals surface area contributed by atoms with Crippen LogP contribution in [0.15, 0.2) is 54.6 Å². The molecule has 1 saturated heterocycles. The highest BCUT2D eigenvalue weighted by molar-refractivity contribution is 6.35. The molecule has 1 amide bonds. The van der Waals surface area contributed by atoms with Crippen LogP contribution in [0.3, 0.4) is 0 Å². The first-order valence-electron chi connectivity index (χ1n) is 12.9. The van der Waals surface area contributed by atoms with Gasteiger partial charge in [0.05, 0.1) is 21.8 Å². The first-order valence-corrected chi connectivity index (χ1v) is 13.7. The van der Waals surface area contributed by atoms with Crippen molar-refractivity contribution in [2.75, 3.05) is 69.4 Å². The lowest BCUT2D eigenvalue weighted by atomic mass is 10.1. The highest BCUT2D eigenvalue weighted by atomic mass is 35.5. The van der Waals surface area contributed by atoms with E-state index in [0.717, 1.165) is 43.1 Å². The van der Waals surface area contributed by atoms with E-state index in [1.807, 2.05) is 67.5 Å². The summed E-state index contributed by atoms with van der Waals surface area (Å²) in [7, 11) is 6.01. The predicted molar refractivity (Wildman–Crippen MR) is 163 cm³/mol.